The van der Waals surface area contributed by atoms with Crippen LogP contribution in [0.1, 0.15) is 18.1 Å². The van der Waals surface area contributed by atoms with Crippen molar-refractivity contribution in [3.63, 3.8) is 0 Å². The molecule has 0 aliphatic carbocycles. The first-order chi connectivity index (χ1) is 6.22. The van der Waals surface area contributed by atoms with Gasteiger partial charge < -0.3 is 0 Å². The van der Waals surface area contributed by atoms with Crippen molar-refractivity contribution in [1.29, 1.82) is 0 Å². The summed E-state index contributed by atoms with van der Waals surface area (Å²) >= 11 is 7.77. The van der Waals surface area contributed by atoms with E-state index in [4.69, 9.17) is 11.6 Å². The van der Waals surface area contributed by atoms with Crippen molar-refractivity contribution < 1.29 is 0 Å². The highest BCUT2D eigenvalue weighted by Gasteiger charge is 2.05. The van der Waals surface area contributed by atoms with Gasteiger partial charge in [-0.1, -0.05) is 18.5 Å². The lowest BCUT2D eigenvalue weighted by Crippen LogP contribution is -1.80. The molecule has 0 saturated carbocycles. The molecule has 0 aliphatic rings. The third-order valence-corrected chi connectivity index (χ3v) is 3.49. The van der Waals surface area contributed by atoms with Gasteiger partial charge in [-0.2, -0.15) is 0 Å². The Labute approximate surface area is 87.2 Å². The highest BCUT2D eigenvalue weighted by molar-refractivity contribution is 7.17. The Kier molecular flexibility index (Phi) is 2.31. The molecule has 0 nitrogen and oxygen atoms in total. The zero-order valence-corrected chi connectivity index (χ0v) is 9.30. The molecule has 0 aliphatic heterocycles. The van der Waals surface area contributed by atoms with Crippen LogP contribution in [0.25, 0.3) is 10.1 Å². The van der Waals surface area contributed by atoms with Crippen LogP contribution >= 0.6 is 22.9 Å². The minimum absolute atomic E-state index is 0.842. The van der Waals surface area contributed by atoms with E-state index in [2.05, 4.69) is 19.2 Å². The van der Waals surface area contributed by atoms with Gasteiger partial charge in [0.25, 0.3) is 0 Å². The second-order valence-corrected chi connectivity index (χ2v) is 4.56. The van der Waals surface area contributed by atoms with Gasteiger partial charge >= 0.3 is 0 Å². The fourth-order valence-electron chi connectivity index (χ4n) is 1.67. The molecular formula is C11H11ClS. The van der Waals surface area contributed by atoms with Crippen LogP contribution in [0.3, 0.4) is 0 Å². The Morgan fingerprint density at radius 3 is 2.85 bits per heavy atom. The van der Waals surface area contributed by atoms with Gasteiger partial charge in [-0.25, -0.2) is 0 Å². The monoisotopic (exact) mass is 210 g/mol. The van der Waals surface area contributed by atoms with E-state index in [1.54, 1.807) is 11.3 Å². The molecule has 1 heterocycles. The molecule has 0 fully saturated rings. The first kappa shape index (κ1) is 9.04. The lowest BCUT2D eigenvalue weighted by molar-refractivity contribution is 1.17. The van der Waals surface area contributed by atoms with Crippen molar-refractivity contribution in [3.8, 4) is 0 Å². The number of thiophene rings is 1. The molecule has 0 unspecified atom stereocenters. The predicted octanol–water partition coefficient (Wildman–Crippen LogP) is 4.43. The Morgan fingerprint density at radius 1 is 1.38 bits per heavy atom. The number of aryl methyl sites for hydroxylation is 2. The van der Waals surface area contributed by atoms with Crippen molar-refractivity contribution in [2.45, 2.75) is 20.3 Å². The number of halogens is 1. The van der Waals surface area contributed by atoms with E-state index in [0.717, 1.165) is 11.4 Å². The fraction of sp³-hybridized carbons (Fsp3) is 0.273. The van der Waals surface area contributed by atoms with E-state index in [1.807, 2.05) is 12.1 Å². The molecule has 2 aromatic rings. The van der Waals surface area contributed by atoms with E-state index in [0.29, 0.717) is 0 Å². The maximum absolute atomic E-state index is 5.98. The normalized spacial score (nSPS) is 11.0. The molecule has 0 spiro atoms. The van der Waals surface area contributed by atoms with Crippen LogP contribution in [0.4, 0.5) is 0 Å². The van der Waals surface area contributed by atoms with Gasteiger partial charge in [0.1, 0.15) is 0 Å². The third-order valence-electron chi connectivity index (χ3n) is 2.29. The summed E-state index contributed by atoms with van der Waals surface area (Å²) in [5.41, 5.74) is 2.73. The molecule has 0 bridgehead atoms. The molecule has 13 heavy (non-hydrogen) atoms. The van der Waals surface area contributed by atoms with Gasteiger partial charge in [0.2, 0.25) is 0 Å². The smallest absolute Gasteiger partial charge is 0.0423 e. The van der Waals surface area contributed by atoms with Gasteiger partial charge in [0.05, 0.1) is 0 Å². The average molecular weight is 211 g/mol. The van der Waals surface area contributed by atoms with Crippen molar-refractivity contribution in [2.24, 2.45) is 0 Å². The van der Waals surface area contributed by atoms with E-state index < -0.39 is 0 Å². The lowest BCUT2D eigenvalue weighted by atomic mass is 10.1. The number of rotatable bonds is 1. The number of benzene rings is 1. The molecule has 0 saturated heterocycles. The number of hydrogen-bond acceptors (Lipinski definition) is 1. The summed E-state index contributed by atoms with van der Waals surface area (Å²) in [6.45, 7) is 4.32. The summed E-state index contributed by atoms with van der Waals surface area (Å²) in [6.07, 6.45) is 1.10. The molecule has 1 aromatic heterocycles. The second kappa shape index (κ2) is 3.32. The van der Waals surface area contributed by atoms with Crippen molar-refractivity contribution in [3.05, 3.63) is 33.7 Å². The fourth-order valence-corrected chi connectivity index (χ4v) is 3.17. The average Bonchev–Trinajstić information content (AvgIpc) is 2.47. The molecular weight excluding hydrogens is 200 g/mol. The van der Waals surface area contributed by atoms with Crippen LogP contribution < -0.4 is 0 Å². The van der Waals surface area contributed by atoms with Gasteiger partial charge in [0, 0.05) is 9.72 Å². The number of hydrogen-bond donors (Lipinski definition) is 0. The van der Waals surface area contributed by atoms with Crippen molar-refractivity contribution >= 4 is 33.0 Å². The molecule has 0 atom stereocenters. The van der Waals surface area contributed by atoms with Crippen molar-refractivity contribution in [2.75, 3.05) is 0 Å². The zero-order valence-electron chi connectivity index (χ0n) is 7.73. The van der Waals surface area contributed by atoms with Crippen LogP contribution in [0.5, 0.6) is 0 Å². The van der Waals surface area contributed by atoms with E-state index >= 15 is 0 Å². The predicted molar refractivity (Wildman–Crippen MR) is 61.0 cm³/mol. The van der Waals surface area contributed by atoms with Crippen LogP contribution in [0.15, 0.2) is 17.5 Å². The number of fused-ring (bicyclic) bond motifs is 1. The highest BCUT2D eigenvalue weighted by atomic mass is 35.5. The Hall–Kier alpha value is -0.530. The standard InChI is InChI=1S/C11H11ClS/c1-3-8-6-13-10-5-9(12)4-7(2)11(8)10/h4-6H,3H2,1-2H3. The van der Waals surface area contributed by atoms with Crippen LogP contribution in [-0.4, -0.2) is 0 Å². The maximum atomic E-state index is 5.98. The second-order valence-electron chi connectivity index (χ2n) is 3.21. The highest BCUT2D eigenvalue weighted by Crippen LogP contribution is 2.31. The zero-order chi connectivity index (χ0) is 9.42. The molecule has 2 heteroatoms. The Balaban J connectivity index is 2.82. The topological polar surface area (TPSA) is 0 Å². The van der Waals surface area contributed by atoms with E-state index in [-0.39, 0.29) is 0 Å². The van der Waals surface area contributed by atoms with Crippen LogP contribution in [-0.2, 0) is 6.42 Å². The molecule has 1 aromatic carbocycles. The maximum Gasteiger partial charge on any atom is 0.0423 e. The van der Waals surface area contributed by atoms with E-state index in [1.165, 1.54) is 21.2 Å². The minimum atomic E-state index is 0.842. The molecule has 2 rings (SSSR count). The SMILES string of the molecule is CCc1csc2cc(Cl)cc(C)c12. The first-order valence-electron chi connectivity index (χ1n) is 4.38. The molecule has 68 valence electrons. The summed E-state index contributed by atoms with van der Waals surface area (Å²) in [4.78, 5) is 0. The quantitative estimate of drug-likeness (QED) is 0.654. The van der Waals surface area contributed by atoms with Gasteiger partial charge in [0.15, 0.2) is 0 Å². The van der Waals surface area contributed by atoms with Gasteiger partial charge in [-0.05, 0) is 47.4 Å². The minimum Gasteiger partial charge on any atom is -0.143 e. The largest absolute Gasteiger partial charge is 0.143 e. The van der Waals surface area contributed by atoms with Gasteiger partial charge in [-0.15, -0.1) is 11.3 Å². The van der Waals surface area contributed by atoms with Gasteiger partial charge in [-0.3, -0.25) is 0 Å². The van der Waals surface area contributed by atoms with Crippen LogP contribution in [0, 0.1) is 6.92 Å². The summed E-state index contributed by atoms with van der Waals surface area (Å²) in [7, 11) is 0. The molecule has 0 radical (unpaired) electrons. The summed E-state index contributed by atoms with van der Waals surface area (Å²) < 4.78 is 1.31. The lowest BCUT2D eigenvalue weighted by Gasteiger charge is -2.00. The van der Waals surface area contributed by atoms with Crippen molar-refractivity contribution in [1.82, 2.24) is 0 Å². The molecule has 0 amide bonds. The summed E-state index contributed by atoms with van der Waals surface area (Å²) in [6, 6.07) is 4.09. The third kappa shape index (κ3) is 1.47. The van der Waals surface area contributed by atoms with E-state index in [9.17, 15) is 0 Å². The summed E-state index contributed by atoms with van der Waals surface area (Å²) in [5.74, 6) is 0. The molecule has 0 N–H and O–H groups in total. The Bertz CT molecular complexity index is 443. The summed E-state index contributed by atoms with van der Waals surface area (Å²) in [5, 5.41) is 4.47. The Morgan fingerprint density at radius 2 is 2.15 bits per heavy atom. The van der Waals surface area contributed by atoms with Crippen LogP contribution in [0.2, 0.25) is 5.02 Å². The first-order valence-corrected chi connectivity index (χ1v) is 5.64.